The molecule has 0 saturated carbocycles. The number of aromatic nitrogens is 1. The third-order valence-corrected chi connectivity index (χ3v) is 4.43. The fourth-order valence-corrected chi connectivity index (χ4v) is 2.99. The van der Waals surface area contributed by atoms with Gasteiger partial charge in [-0.05, 0) is 30.2 Å². The van der Waals surface area contributed by atoms with Crippen LogP contribution in [-0.2, 0) is 20.7 Å². The van der Waals surface area contributed by atoms with Crippen molar-refractivity contribution in [2.24, 2.45) is 0 Å². The number of esters is 1. The monoisotopic (exact) mass is 370 g/mol. The number of para-hydroxylation sites is 3. The summed E-state index contributed by atoms with van der Waals surface area (Å²) in [5.74, 6) is -0.853. The Bertz CT molecular complexity index is 890. The Morgan fingerprint density at radius 1 is 1.15 bits per heavy atom. The molecule has 0 radical (unpaired) electrons. The van der Waals surface area contributed by atoms with Crippen molar-refractivity contribution in [3.8, 4) is 0 Å². The van der Waals surface area contributed by atoms with Crippen molar-refractivity contribution < 1.29 is 18.7 Å². The highest BCUT2D eigenvalue weighted by atomic mass is 32.2. The molecule has 0 saturated heterocycles. The Hall–Kier alpha value is -2.80. The quantitative estimate of drug-likeness (QED) is 0.505. The first-order valence-electron chi connectivity index (χ1n) is 8.17. The van der Waals surface area contributed by atoms with Gasteiger partial charge in [0.25, 0.3) is 11.1 Å². The van der Waals surface area contributed by atoms with Crippen molar-refractivity contribution >= 4 is 40.4 Å². The molecule has 0 aliphatic heterocycles. The number of amides is 1. The number of carbonyl (C=O) groups is 2. The molecule has 3 aromatic rings. The minimum Gasteiger partial charge on any atom is -0.455 e. The van der Waals surface area contributed by atoms with Gasteiger partial charge in [-0.3, -0.25) is 9.59 Å². The topological polar surface area (TPSA) is 81.4 Å². The normalized spacial score (nSPS) is 10.7. The molecule has 1 N–H and O–H groups in total. The number of carbonyl (C=O) groups excluding carboxylic acids is 2. The van der Waals surface area contributed by atoms with Crippen molar-refractivity contribution in [3.05, 3.63) is 54.1 Å². The fraction of sp³-hybridized carbons (Fsp3) is 0.211. The summed E-state index contributed by atoms with van der Waals surface area (Å²) < 4.78 is 10.5. The highest BCUT2D eigenvalue weighted by Gasteiger charge is 2.12. The van der Waals surface area contributed by atoms with Crippen molar-refractivity contribution in [1.29, 1.82) is 0 Å². The van der Waals surface area contributed by atoms with Gasteiger partial charge in [-0.1, -0.05) is 49.0 Å². The largest absolute Gasteiger partial charge is 0.455 e. The van der Waals surface area contributed by atoms with E-state index in [1.807, 2.05) is 55.5 Å². The summed E-state index contributed by atoms with van der Waals surface area (Å²) in [7, 11) is 0. The number of hydrogen-bond acceptors (Lipinski definition) is 6. The number of anilines is 1. The maximum Gasteiger partial charge on any atom is 0.316 e. The highest BCUT2D eigenvalue weighted by Crippen LogP contribution is 2.23. The van der Waals surface area contributed by atoms with E-state index in [-0.39, 0.29) is 18.3 Å². The zero-order valence-electron chi connectivity index (χ0n) is 14.2. The molecule has 6 nitrogen and oxygen atoms in total. The maximum atomic E-state index is 12.0. The number of rotatable bonds is 7. The average molecular weight is 370 g/mol. The Kier molecular flexibility index (Phi) is 5.91. The molecular weight excluding hydrogens is 352 g/mol. The lowest BCUT2D eigenvalue weighted by molar-refractivity contribution is -0.144. The van der Waals surface area contributed by atoms with Gasteiger partial charge in [-0.15, -0.1) is 0 Å². The summed E-state index contributed by atoms with van der Waals surface area (Å²) in [6.07, 6.45) is 0.803. The number of thioether (sulfide) groups is 1. The Balaban J connectivity index is 1.45. The smallest absolute Gasteiger partial charge is 0.316 e. The fourth-order valence-electron chi connectivity index (χ4n) is 2.36. The van der Waals surface area contributed by atoms with Crippen molar-refractivity contribution in [2.45, 2.75) is 18.6 Å². The predicted molar refractivity (Wildman–Crippen MR) is 100 cm³/mol. The number of aryl methyl sites for hydroxylation is 1. The molecule has 1 heterocycles. The van der Waals surface area contributed by atoms with Crippen LogP contribution < -0.4 is 5.32 Å². The second-order valence-corrected chi connectivity index (χ2v) is 6.38. The number of nitrogens with one attached hydrogen (secondary N) is 1. The molecular formula is C19H18N2O4S. The van der Waals surface area contributed by atoms with Gasteiger partial charge in [0.15, 0.2) is 12.2 Å². The second kappa shape index (κ2) is 8.53. The minimum absolute atomic E-state index is 0.0195. The van der Waals surface area contributed by atoms with Gasteiger partial charge in [0.1, 0.15) is 11.3 Å². The molecule has 134 valence electrons. The first-order chi connectivity index (χ1) is 12.7. The van der Waals surface area contributed by atoms with Gasteiger partial charge in [0.05, 0.1) is 0 Å². The number of ether oxygens (including phenoxy) is 1. The lowest BCUT2D eigenvalue weighted by Gasteiger charge is -2.09. The number of fused-ring (bicyclic) bond motifs is 1. The molecule has 0 fully saturated rings. The number of benzene rings is 2. The van der Waals surface area contributed by atoms with Crippen molar-refractivity contribution in [3.63, 3.8) is 0 Å². The van der Waals surface area contributed by atoms with Crippen LogP contribution in [0.5, 0.6) is 0 Å². The van der Waals surface area contributed by atoms with Gasteiger partial charge in [0.2, 0.25) is 0 Å². The molecule has 26 heavy (non-hydrogen) atoms. The molecule has 0 aliphatic rings. The number of nitrogens with zero attached hydrogens (tertiary/aromatic N) is 1. The lowest BCUT2D eigenvalue weighted by Crippen LogP contribution is -2.22. The van der Waals surface area contributed by atoms with Gasteiger partial charge in [-0.25, -0.2) is 4.98 Å². The van der Waals surface area contributed by atoms with Crippen LogP contribution in [0.15, 0.2) is 58.2 Å². The molecule has 0 aliphatic carbocycles. The summed E-state index contributed by atoms with van der Waals surface area (Å²) in [4.78, 5) is 28.0. The summed E-state index contributed by atoms with van der Waals surface area (Å²) in [6.45, 7) is 1.68. The van der Waals surface area contributed by atoms with Crippen molar-refractivity contribution in [2.75, 3.05) is 17.7 Å². The van der Waals surface area contributed by atoms with E-state index >= 15 is 0 Å². The minimum atomic E-state index is -0.504. The van der Waals surface area contributed by atoms with Crippen LogP contribution >= 0.6 is 11.8 Å². The van der Waals surface area contributed by atoms with Crippen LogP contribution in [0.3, 0.4) is 0 Å². The van der Waals surface area contributed by atoms with Crippen LogP contribution in [0, 0.1) is 0 Å². The molecule has 0 spiro atoms. The molecule has 2 aromatic carbocycles. The van der Waals surface area contributed by atoms with Crippen molar-refractivity contribution in [1.82, 2.24) is 4.98 Å². The van der Waals surface area contributed by atoms with Crippen LogP contribution in [0.1, 0.15) is 12.5 Å². The molecule has 0 atom stereocenters. The zero-order chi connectivity index (χ0) is 18.4. The Morgan fingerprint density at radius 3 is 2.73 bits per heavy atom. The zero-order valence-corrected chi connectivity index (χ0v) is 15.0. The maximum absolute atomic E-state index is 12.0. The molecule has 7 heteroatoms. The standard InChI is InChI=1S/C19H18N2O4S/c1-2-13-7-3-4-8-14(13)20-17(22)11-24-18(23)12-26-19-21-15-9-5-6-10-16(15)25-19/h3-10H,2,11-12H2,1H3,(H,20,22). The van der Waals surface area contributed by atoms with Gasteiger partial charge in [0, 0.05) is 5.69 Å². The van der Waals surface area contributed by atoms with E-state index in [9.17, 15) is 9.59 Å². The Labute approximate surface area is 154 Å². The molecule has 0 bridgehead atoms. The predicted octanol–water partition coefficient (Wildman–Crippen LogP) is 3.66. The molecule has 0 unspecified atom stereocenters. The van der Waals surface area contributed by atoms with Crippen LogP contribution in [0.4, 0.5) is 5.69 Å². The van der Waals surface area contributed by atoms with E-state index in [4.69, 9.17) is 9.15 Å². The Morgan fingerprint density at radius 2 is 1.92 bits per heavy atom. The first-order valence-corrected chi connectivity index (χ1v) is 9.16. The summed E-state index contributed by atoms with van der Waals surface area (Å²) in [6, 6.07) is 14.9. The average Bonchev–Trinajstić information content (AvgIpc) is 3.08. The van der Waals surface area contributed by atoms with Crippen LogP contribution in [0.2, 0.25) is 0 Å². The first kappa shape index (κ1) is 18.0. The third-order valence-electron chi connectivity index (χ3n) is 3.62. The molecule has 1 aromatic heterocycles. The van der Waals surface area contributed by atoms with E-state index in [0.717, 1.165) is 35.0 Å². The molecule has 1 amide bonds. The summed E-state index contributed by atoms with van der Waals surface area (Å²) in [5, 5.41) is 3.15. The highest BCUT2D eigenvalue weighted by molar-refractivity contribution is 7.99. The van der Waals surface area contributed by atoms with E-state index in [2.05, 4.69) is 10.3 Å². The van der Waals surface area contributed by atoms with Gasteiger partial charge in [-0.2, -0.15) is 0 Å². The number of hydrogen-bond donors (Lipinski definition) is 1. The summed E-state index contributed by atoms with van der Waals surface area (Å²) >= 11 is 1.13. The van der Waals surface area contributed by atoms with E-state index in [0.29, 0.717) is 10.8 Å². The van der Waals surface area contributed by atoms with E-state index < -0.39 is 5.97 Å². The van der Waals surface area contributed by atoms with Gasteiger partial charge < -0.3 is 14.5 Å². The second-order valence-electron chi connectivity index (χ2n) is 5.46. The van der Waals surface area contributed by atoms with Gasteiger partial charge >= 0.3 is 5.97 Å². The van der Waals surface area contributed by atoms with Crippen LogP contribution in [0.25, 0.3) is 11.1 Å². The summed E-state index contributed by atoms with van der Waals surface area (Å²) in [5.41, 5.74) is 3.16. The van der Waals surface area contributed by atoms with E-state index in [1.54, 1.807) is 0 Å². The molecule has 3 rings (SSSR count). The third kappa shape index (κ3) is 4.64. The van der Waals surface area contributed by atoms with E-state index in [1.165, 1.54) is 0 Å². The SMILES string of the molecule is CCc1ccccc1NC(=O)COC(=O)CSc1nc2ccccc2o1. The lowest BCUT2D eigenvalue weighted by atomic mass is 10.1. The number of oxazole rings is 1. The van der Waals surface area contributed by atoms with Crippen LogP contribution in [-0.4, -0.2) is 29.2 Å².